The molecule has 0 atom stereocenters. The lowest BCUT2D eigenvalue weighted by Gasteiger charge is -2.20. The topological polar surface area (TPSA) is 0 Å². The van der Waals surface area contributed by atoms with Gasteiger partial charge in [0.2, 0.25) is 0 Å². The van der Waals surface area contributed by atoms with Crippen LogP contribution >= 0.6 is 0 Å². The molecule has 0 aliphatic rings. The molecule has 0 amide bonds. The Balaban J connectivity index is 0.909. The highest BCUT2D eigenvalue weighted by atomic mass is 14.2. The van der Waals surface area contributed by atoms with Crippen molar-refractivity contribution in [2.24, 2.45) is 0 Å². The minimum atomic E-state index is 1.17. The summed E-state index contributed by atoms with van der Waals surface area (Å²) in [6, 6.07) is 93.0. The van der Waals surface area contributed by atoms with Gasteiger partial charge in [-0.1, -0.05) is 255 Å². The zero-order valence-electron chi connectivity index (χ0n) is 37.6. The summed E-state index contributed by atoms with van der Waals surface area (Å²) in [4.78, 5) is 0. The van der Waals surface area contributed by atoms with Crippen molar-refractivity contribution >= 4 is 67.4 Å². The Morgan fingerprint density at radius 3 is 1.15 bits per heavy atom. The highest BCUT2D eigenvalue weighted by Crippen LogP contribution is 2.47. The second-order valence-corrected chi connectivity index (χ2v) is 17.7. The van der Waals surface area contributed by atoms with Crippen LogP contribution in [0.2, 0.25) is 0 Å². The molecule has 12 rings (SSSR count). The highest BCUT2D eigenvalue weighted by molar-refractivity contribution is 6.24. The maximum Gasteiger partial charge on any atom is -0.00141 e. The van der Waals surface area contributed by atoms with Crippen LogP contribution in [0.15, 0.2) is 255 Å². The van der Waals surface area contributed by atoms with E-state index in [9.17, 15) is 0 Å². The predicted octanol–water partition coefficient (Wildman–Crippen LogP) is 19.0. The van der Waals surface area contributed by atoms with Gasteiger partial charge >= 0.3 is 0 Å². The molecule has 0 aromatic heterocycles. The largest absolute Gasteiger partial charge is 0.0622 e. The SMILES string of the molecule is C(=C\c1ccc2ccccc2c1)/c1cccc(-c2ccc(-c3c4ccccc4c(-c4ccc(-c5cccc(/C=C/c6ccc7ccccc7c6)c5)cc4)c4c(-c5ccccc5)cccc34)cc2)c1. The van der Waals surface area contributed by atoms with Crippen LogP contribution in [0.25, 0.3) is 123 Å². The van der Waals surface area contributed by atoms with Crippen molar-refractivity contribution < 1.29 is 0 Å². The normalized spacial score (nSPS) is 11.7. The molecule has 0 N–H and O–H groups in total. The average molecular weight is 863 g/mol. The Hall–Kier alpha value is -8.84. The lowest BCUT2D eigenvalue weighted by atomic mass is 9.82. The van der Waals surface area contributed by atoms with Crippen LogP contribution in [0.3, 0.4) is 0 Å². The van der Waals surface area contributed by atoms with Gasteiger partial charge < -0.3 is 0 Å². The number of rotatable bonds is 9. The molecule has 12 aromatic carbocycles. The maximum atomic E-state index is 2.32. The molecule has 0 nitrogen and oxygen atoms in total. The first-order chi connectivity index (χ1) is 33.7. The average Bonchev–Trinajstić information content (AvgIpc) is 3.41. The number of hydrogen-bond acceptors (Lipinski definition) is 0. The molecule has 0 heterocycles. The van der Waals surface area contributed by atoms with Crippen LogP contribution in [0.1, 0.15) is 22.3 Å². The van der Waals surface area contributed by atoms with Crippen molar-refractivity contribution in [1.29, 1.82) is 0 Å². The van der Waals surface area contributed by atoms with E-state index >= 15 is 0 Å². The summed E-state index contributed by atoms with van der Waals surface area (Å²) in [5.74, 6) is 0. The standard InChI is InChI=1S/C68H46/c1-2-17-55(18-3-1)62-25-12-26-65-66(56-39-35-53(36-40-56)60-21-10-13-47(43-60)27-29-49-31-33-51-15-4-6-19-58(51)45-49)63-23-8-9-24-64(63)67(68(62)65)57-41-37-54(38-42-57)61-22-11-14-48(44-61)28-30-50-32-34-52-16-5-7-20-59(52)46-50/h1-46H/b29-27+,30-28+. The van der Waals surface area contributed by atoms with Crippen molar-refractivity contribution in [3.05, 3.63) is 277 Å². The molecular formula is C68H46. The van der Waals surface area contributed by atoms with Crippen LogP contribution in [0.4, 0.5) is 0 Å². The van der Waals surface area contributed by atoms with Crippen LogP contribution in [0, 0.1) is 0 Å². The van der Waals surface area contributed by atoms with Crippen LogP contribution in [0.5, 0.6) is 0 Å². The van der Waals surface area contributed by atoms with Gasteiger partial charge in [0.15, 0.2) is 0 Å². The lowest BCUT2D eigenvalue weighted by Crippen LogP contribution is -1.93. The molecule has 0 saturated carbocycles. The van der Waals surface area contributed by atoms with E-state index < -0.39 is 0 Å². The van der Waals surface area contributed by atoms with Gasteiger partial charge in [0.05, 0.1) is 0 Å². The lowest BCUT2D eigenvalue weighted by molar-refractivity contribution is 1.58. The summed E-state index contributed by atoms with van der Waals surface area (Å²) in [6.07, 6.45) is 8.84. The van der Waals surface area contributed by atoms with E-state index in [4.69, 9.17) is 0 Å². The van der Waals surface area contributed by atoms with Gasteiger partial charge in [-0.2, -0.15) is 0 Å². The molecule has 0 aliphatic carbocycles. The Kier molecular flexibility index (Phi) is 10.7. The molecule has 0 unspecified atom stereocenters. The van der Waals surface area contributed by atoms with Gasteiger partial charge in [-0.05, 0) is 145 Å². The molecule has 0 fully saturated rings. The highest BCUT2D eigenvalue weighted by Gasteiger charge is 2.20. The van der Waals surface area contributed by atoms with Crippen molar-refractivity contribution in [2.45, 2.75) is 0 Å². The third kappa shape index (κ3) is 8.00. The Morgan fingerprint density at radius 2 is 0.603 bits per heavy atom. The Labute approximate surface area is 398 Å². The smallest absolute Gasteiger partial charge is 0.00141 e. The van der Waals surface area contributed by atoms with Gasteiger partial charge in [-0.25, -0.2) is 0 Å². The summed E-state index contributed by atoms with van der Waals surface area (Å²) in [5.41, 5.74) is 16.8. The number of benzene rings is 12. The minimum absolute atomic E-state index is 1.17. The Bertz CT molecular complexity index is 3870. The number of hydrogen-bond donors (Lipinski definition) is 0. The van der Waals surface area contributed by atoms with E-state index in [-0.39, 0.29) is 0 Å². The third-order valence-electron chi connectivity index (χ3n) is 13.4. The first-order valence-corrected chi connectivity index (χ1v) is 23.5. The van der Waals surface area contributed by atoms with Gasteiger partial charge in [0.1, 0.15) is 0 Å². The first kappa shape index (κ1) is 40.7. The quantitative estimate of drug-likeness (QED) is 0.100. The predicted molar refractivity (Wildman–Crippen MR) is 294 cm³/mol. The van der Waals surface area contributed by atoms with Gasteiger partial charge in [0.25, 0.3) is 0 Å². The van der Waals surface area contributed by atoms with Crippen LogP contribution in [-0.2, 0) is 0 Å². The second-order valence-electron chi connectivity index (χ2n) is 17.7. The summed E-state index contributed by atoms with van der Waals surface area (Å²) < 4.78 is 0. The van der Waals surface area contributed by atoms with E-state index in [1.165, 1.54) is 121 Å². The molecule has 12 aromatic rings. The molecule has 318 valence electrons. The van der Waals surface area contributed by atoms with Gasteiger partial charge in [-0.3, -0.25) is 0 Å². The van der Waals surface area contributed by atoms with E-state index in [0.717, 1.165) is 0 Å². The van der Waals surface area contributed by atoms with Gasteiger partial charge in [-0.15, -0.1) is 0 Å². The Morgan fingerprint density at radius 1 is 0.206 bits per heavy atom. The van der Waals surface area contributed by atoms with Crippen molar-refractivity contribution in [3.8, 4) is 55.6 Å². The van der Waals surface area contributed by atoms with Crippen molar-refractivity contribution in [3.63, 3.8) is 0 Å². The zero-order chi connectivity index (χ0) is 45.2. The molecule has 0 heteroatoms. The van der Waals surface area contributed by atoms with E-state index in [1.54, 1.807) is 0 Å². The summed E-state index contributed by atoms with van der Waals surface area (Å²) in [6.45, 7) is 0. The van der Waals surface area contributed by atoms with Gasteiger partial charge in [0, 0.05) is 0 Å². The van der Waals surface area contributed by atoms with Crippen LogP contribution in [-0.4, -0.2) is 0 Å². The molecule has 0 bridgehead atoms. The fraction of sp³-hybridized carbons (Fsp3) is 0. The minimum Gasteiger partial charge on any atom is -0.0622 e. The zero-order valence-corrected chi connectivity index (χ0v) is 37.6. The molecule has 0 spiro atoms. The monoisotopic (exact) mass is 862 g/mol. The van der Waals surface area contributed by atoms with E-state index in [1.807, 2.05) is 0 Å². The van der Waals surface area contributed by atoms with E-state index in [0.29, 0.717) is 0 Å². The van der Waals surface area contributed by atoms with Crippen molar-refractivity contribution in [2.75, 3.05) is 0 Å². The summed E-state index contributed by atoms with van der Waals surface area (Å²) >= 11 is 0. The summed E-state index contributed by atoms with van der Waals surface area (Å²) in [7, 11) is 0. The molecule has 0 aliphatic heterocycles. The number of fused-ring (bicyclic) bond motifs is 4. The van der Waals surface area contributed by atoms with Crippen LogP contribution < -0.4 is 0 Å². The molecule has 0 saturated heterocycles. The molecular weight excluding hydrogens is 817 g/mol. The molecule has 0 radical (unpaired) electrons. The van der Waals surface area contributed by atoms with E-state index in [2.05, 4.69) is 279 Å². The maximum absolute atomic E-state index is 2.32. The first-order valence-electron chi connectivity index (χ1n) is 23.5. The fourth-order valence-corrected chi connectivity index (χ4v) is 10.0. The van der Waals surface area contributed by atoms with Crippen molar-refractivity contribution in [1.82, 2.24) is 0 Å². The summed E-state index contributed by atoms with van der Waals surface area (Å²) in [5, 5.41) is 10.0. The molecule has 68 heavy (non-hydrogen) atoms. The fourth-order valence-electron chi connectivity index (χ4n) is 10.0. The third-order valence-corrected chi connectivity index (χ3v) is 13.4. The second kappa shape index (κ2) is 17.9.